The quantitative estimate of drug-likeness (QED) is 0.514. The van der Waals surface area contributed by atoms with Crippen molar-refractivity contribution >= 4 is 12.1 Å². The standard InChI is InChI=1S/C7H13N5O2/c1-10-4-5(12(3)7(10)14)11(2)6(13)9-8-4/h4-5,8H,1-3H3,(H,9,13)/t4-,5+/m0/s1. The zero-order valence-corrected chi connectivity index (χ0v) is 8.31. The van der Waals surface area contributed by atoms with Gasteiger partial charge in [0.1, 0.15) is 12.3 Å². The normalized spacial score (nSPS) is 32.1. The summed E-state index contributed by atoms with van der Waals surface area (Å²) in [5.74, 6) is 0. The molecular weight excluding hydrogens is 186 g/mol. The van der Waals surface area contributed by atoms with Gasteiger partial charge in [-0.3, -0.25) is 5.43 Å². The average molecular weight is 199 g/mol. The first-order valence-corrected chi connectivity index (χ1v) is 4.32. The third-order valence-corrected chi connectivity index (χ3v) is 2.74. The summed E-state index contributed by atoms with van der Waals surface area (Å²) in [5.41, 5.74) is 5.29. The van der Waals surface area contributed by atoms with E-state index in [-0.39, 0.29) is 24.4 Å². The molecule has 2 fully saturated rings. The molecule has 2 N–H and O–H groups in total. The van der Waals surface area contributed by atoms with Gasteiger partial charge in [-0.25, -0.2) is 15.0 Å². The summed E-state index contributed by atoms with van der Waals surface area (Å²) in [5, 5.41) is 0. The first kappa shape index (κ1) is 9.07. The van der Waals surface area contributed by atoms with Crippen molar-refractivity contribution in [1.82, 2.24) is 25.6 Å². The fraction of sp³-hybridized carbons (Fsp3) is 0.714. The number of hydrogen-bond acceptors (Lipinski definition) is 3. The summed E-state index contributed by atoms with van der Waals surface area (Å²) in [7, 11) is 5.04. The molecule has 0 bridgehead atoms. The summed E-state index contributed by atoms with van der Waals surface area (Å²) < 4.78 is 0. The minimum atomic E-state index is -0.249. The van der Waals surface area contributed by atoms with Crippen molar-refractivity contribution in [3.63, 3.8) is 0 Å². The minimum absolute atomic E-state index is 0.101. The van der Waals surface area contributed by atoms with Crippen LogP contribution in [0.25, 0.3) is 0 Å². The van der Waals surface area contributed by atoms with E-state index in [2.05, 4.69) is 10.9 Å². The number of amides is 4. The summed E-state index contributed by atoms with van der Waals surface area (Å²) in [6.45, 7) is 0. The van der Waals surface area contributed by atoms with E-state index in [1.54, 1.807) is 26.0 Å². The second kappa shape index (κ2) is 2.74. The van der Waals surface area contributed by atoms with Crippen molar-refractivity contribution in [2.75, 3.05) is 21.1 Å². The van der Waals surface area contributed by atoms with E-state index in [9.17, 15) is 9.59 Å². The molecule has 2 aliphatic heterocycles. The largest absolute Gasteiger partial charge is 0.333 e. The van der Waals surface area contributed by atoms with Crippen LogP contribution in [0.1, 0.15) is 0 Å². The van der Waals surface area contributed by atoms with Gasteiger partial charge in [0.2, 0.25) is 0 Å². The maximum atomic E-state index is 11.6. The fourth-order valence-corrected chi connectivity index (χ4v) is 1.88. The Labute approximate surface area is 81.6 Å². The van der Waals surface area contributed by atoms with Gasteiger partial charge in [0.05, 0.1) is 0 Å². The van der Waals surface area contributed by atoms with Gasteiger partial charge >= 0.3 is 12.1 Å². The molecule has 7 nitrogen and oxygen atoms in total. The van der Waals surface area contributed by atoms with E-state index in [1.807, 2.05) is 0 Å². The second-order valence-corrected chi connectivity index (χ2v) is 3.55. The number of nitrogens with zero attached hydrogens (tertiary/aromatic N) is 3. The van der Waals surface area contributed by atoms with Gasteiger partial charge in [0, 0.05) is 21.1 Å². The lowest BCUT2D eigenvalue weighted by molar-refractivity contribution is 0.0756. The Hall–Kier alpha value is -1.50. The summed E-state index contributed by atoms with van der Waals surface area (Å²) in [6.07, 6.45) is -0.448. The molecule has 0 unspecified atom stereocenters. The highest BCUT2D eigenvalue weighted by Gasteiger charge is 2.48. The van der Waals surface area contributed by atoms with Crippen molar-refractivity contribution in [2.45, 2.75) is 12.3 Å². The smallest absolute Gasteiger partial charge is 0.307 e. The van der Waals surface area contributed by atoms with Crippen LogP contribution in [0.5, 0.6) is 0 Å². The van der Waals surface area contributed by atoms with Crippen LogP contribution < -0.4 is 10.9 Å². The van der Waals surface area contributed by atoms with Crippen molar-refractivity contribution < 1.29 is 9.59 Å². The monoisotopic (exact) mass is 199 g/mol. The Morgan fingerprint density at radius 1 is 1.07 bits per heavy atom. The van der Waals surface area contributed by atoms with Crippen molar-refractivity contribution in [3.05, 3.63) is 0 Å². The lowest BCUT2D eigenvalue weighted by atomic mass is 10.3. The molecule has 2 heterocycles. The Bertz CT molecular complexity index is 290. The molecule has 2 rings (SSSR count). The molecular formula is C7H13N5O2. The molecule has 0 spiro atoms. The van der Waals surface area contributed by atoms with Crippen LogP contribution in [0, 0.1) is 0 Å². The van der Waals surface area contributed by atoms with Crippen LogP contribution in [0.4, 0.5) is 9.59 Å². The molecule has 2 saturated heterocycles. The Kier molecular flexibility index (Phi) is 1.78. The number of hydrazine groups is 1. The zero-order valence-electron chi connectivity index (χ0n) is 8.31. The summed E-state index contributed by atoms with van der Waals surface area (Å²) in [4.78, 5) is 27.5. The van der Waals surface area contributed by atoms with Gasteiger partial charge in [-0.15, -0.1) is 0 Å². The lowest BCUT2D eigenvalue weighted by Crippen LogP contribution is -2.67. The van der Waals surface area contributed by atoms with E-state index in [0.29, 0.717) is 0 Å². The van der Waals surface area contributed by atoms with Gasteiger partial charge in [0.15, 0.2) is 0 Å². The molecule has 14 heavy (non-hydrogen) atoms. The predicted octanol–water partition coefficient (Wildman–Crippen LogP) is -1.20. The van der Waals surface area contributed by atoms with E-state index >= 15 is 0 Å². The molecule has 0 aliphatic carbocycles. The van der Waals surface area contributed by atoms with Crippen molar-refractivity contribution in [2.24, 2.45) is 0 Å². The lowest BCUT2D eigenvalue weighted by Gasteiger charge is -2.38. The SMILES string of the molecule is CN1C(=O)NN[C@@H]2[C@H]1N(C)C(=O)N2C. The molecule has 0 radical (unpaired) electrons. The van der Waals surface area contributed by atoms with E-state index in [4.69, 9.17) is 0 Å². The second-order valence-electron chi connectivity index (χ2n) is 3.55. The highest BCUT2D eigenvalue weighted by molar-refractivity contribution is 5.81. The molecule has 78 valence electrons. The molecule has 0 aromatic carbocycles. The van der Waals surface area contributed by atoms with Crippen molar-refractivity contribution in [1.29, 1.82) is 0 Å². The number of fused-ring (bicyclic) bond motifs is 1. The molecule has 7 heteroatoms. The third-order valence-electron chi connectivity index (χ3n) is 2.74. The van der Waals surface area contributed by atoms with Crippen LogP contribution in [0.2, 0.25) is 0 Å². The Balaban J connectivity index is 2.29. The summed E-state index contributed by atoms with van der Waals surface area (Å²) >= 11 is 0. The maximum Gasteiger partial charge on any atom is 0.333 e. The molecule has 4 amide bonds. The van der Waals surface area contributed by atoms with Crippen molar-refractivity contribution in [3.8, 4) is 0 Å². The van der Waals surface area contributed by atoms with Gasteiger partial charge < -0.3 is 14.7 Å². The number of hydrogen-bond donors (Lipinski definition) is 2. The number of rotatable bonds is 0. The first-order chi connectivity index (χ1) is 6.54. The first-order valence-electron chi connectivity index (χ1n) is 4.32. The molecule has 0 saturated carbocycles. The van der Waals surface area contributed by atoms with Crippen LogP contribution in [0.15, 0.2) is 0 Å². The zero-order chi connectivity index (χ0) is 10.5. The topological polar surface area (TPSA) is 67.9 Å². The fourth-order valence-electron chi connectivity index (χ4n) is 1.88. The predicted molar refractivity (Wildman–Crippen MR) is 47.9 cm³/mol. The van der Waals surface area contributed by atoms with Gasteiger partial charge in [0.25, 0.3) is 0 Å². The Morgan fingerprint density at radius 2 is 1.71 bits per heavy atom. The molecule has 2 aliphatic rings. The number of carbonyl (C=O) groups excluding carboxylic acids is 2. The molecule has 2 atom stereocenters. The van der Waals surface area contributed by atoms with Gasteiger partial charge in [-0.2, -0.15) is 0 Å². The number of nitrogens with one attached hydrogen (secondary N) is 2. The third kappa shape index (κ3) is 0.955. The number of likely N-dealkylation sites (N-methyl/N-ethyl adjacent to an activating group) is 3. The van der Waals surface area contributed by atoms with Crippen LogP contribution in [-0.4, -0.2) is 60.2 Å². The van der Waals surface area contributed by atoms with Crippen LogP contribution >= 0.6 is 0 Å². The maximum absolute atomic E-state index is 11.6. The number of urea groups is 2. The average Bonchev–Trinajstić information content (AvgIpc) is 2.38. The van der Waals surface area contributed by atoms with Crippen LogP contribution in [0.3, 0.4) is 0 Å². The highest BCUT2D eigenvalue weighted by Crippen LogP contribution is 2.21. The van der Waals surface area contributed by atoms with Gasteiger partial charge in [-0.1, -0.05) is 0 Å². The minimum Gasteiger partial charge on any atom is -0.307 e. The molecule has 0 aromatic heterocycles. The van der Waals surface area contributed by atoms with E-state index in [1.165, 1.54) is 9.80 Å². The van der Waals surface area contributed by atoms with E-state index < -0.39 is 0 Å². The number of carbonyl (C=O) groups is 2. The van der Waals surface area contributed by atoms with Crippen LogP contribution in [-0.2, 0) is 0 Å². The van der Waals surface area contributed by atoms with Gasteiger partial charge in [-0.05, 0) is 0 Å². The van der Waals surface area contributed by atoms with E-state index in [0.717, 1.165) is 0 Å². The highest BCUT2D eigenvalue weighted by atomic mass is 16.2. The Morgan fingerprint density at radius 3 is 2.36 bits per heavy atom. The molecule has 0 aromatic rings. The summed E-state index contributed by atoms with van der Waals surface area (Å²) in [6, 6.07) is -0.336.